The van der Waals surface area contributed by atoms with Crippen molar-refractivity contribution in [3.8, 4) is 5.75 Å². The quantitative estimate of drug-likeness (QED) is 0.287. The first-order valence-electron chi connectivity index (χ1n) is 10.9. The molecule has 0 spiro atoms. The van der Waals surface area contributed by atoms with E-state index in [0.717, 1.165) is 11.1 Å². The fourth-order valence-electron chi connectivity index (χ4n) is 3.10. The molecule has 3 rings (SSSR count). The summed E-state index contributed by atoms with van der Waals surface area (Å²) < 4.78 is 5.67. The van der Waals surface area contributed by atoms with Gasteiger partial charge in [-0.25, -0.2) is 5.43 Å². The van der Waals surface area contributed by atoms with Crippen LogP contribution in [0.25, 0.3) is 6.08 Å². The lowest BCUT2D eigenvalue weighted by atomic mass is 10.1. The second-order valence-corrected chi connectivity index (χ2v) is 8.45. The standard InChI is InChI=1S/C27H25Cl2N3O3/c1-19(35-25-15-14-22(28)18-23(25)29)26(33)31-24(17-21-11-6-3-7-12-21)27(34)32-30-16-8-13-20-9-4-2-5-10-20/h2-16,18-19,24H,17H2,1H3,(H,31,33)(H,32,34)/b13-8+,30-16-/t19-,24+/m1/s1. The number of carbonyl (C=O) groups excluding carboxylic acids is 2. The maximum absolute atomic E-state index is 12.8. The highest BCUT2D eigenvalue weighted by Gasteiger charge is 2.25. The third-order valence-electron chi connectivity index (χ3n) is 4.91. The molecule has 8 heteroatoms. The third kappa shape index (κ3) is 8.59. The molecule has 0 aliphatic heterocycles. The van der Waals surface area contributed by atoms with Gasteiger partial charge in [-0.1, -0.05) is 89.9 Å². The summed E-state index contributed by atoms with van der Waals surface area (Å²) in [5.41, 5.74) is 4.38. The Hall–Kier alpha value is -3.61. The molecular formula is C27H25Cl2N3O3. The second-order valence-electron chi connectivity index (χ2n) is 7.61. The number of ether oxygens (including phenoxy) is 1. The average molecular weight is 510 g/mol. The van der Waals surface area contributed by atoms with Gasteiger partial charge < -0.3 is 10.1 Å². The molecule has 0 radical (unpaired) electrons. The van der Waals surface area contributed by atoms with Crippen LogP contribution in [-0.2, 0) is 16.0 Å². The van der Waals surface area contributed by atoms with E-state index < -0.39 is 24.0 Å². The molecule has 35 heavy (non-hydrogen) atoms. The van der Waals surface area contributed by atoms with Crippen LogP contribution in [0.2, 0.25) is 10.0 Å². The number of benzene rings is 3. The minimum atomic E-state index is -0.906. The molecule has 0 aromatic heterocycles. The van der Waals surface area contributed by atoms with E-state index in [1.165, 1.54) is 12.3 Å². The van der Waals surface area contributed by atoms with Crippen molar-refractivity contribution in [3.05, 3.63) is 106 Å². The second kappa shape index (κ2) is 13.3. The first kappa shape index (κ1) is 26.0. The number of halogens is 2. The number of allylic oxidation sites excluding steroid dienone is 1. The summed E-state index contributed by atoms with van der Waals surface area (Å²) in [7, 11) is 0. The molecule has 0 saturated carbocycles. The number of hydrazone groups is 1. The smallest absolute Gasteiger partial charge is 0.262 e. The predicted octanol–water partition coefficient (Wildman–Crippen LogP) is 5.30. The van der Waals surface area contributed by atoms with Gasteiger partial charge in [0, 0.05) is 17.7 Å². The molecule has 0 unspecified atom stereocenters. The van der Waals surface area contributed by atoms with Crippen LogP contribution in [0.4, 0.5) is 0 Å². The largest absolute Gasteiger partial charge is 0.479 e. The van der Waals surface area contributed by atoms with Crippen LogP contribution in [0.5, 0.6) is 5.75 Å². The van der Waals surface area contributed by atoms with E-state index in [2.05, 4.69) is 15.8 Å². The van der Waals surface area contributed by atoms with E-state index in [1.54, 1.807) is 25.1 Å². The molecule has 3 aromatic rings. The van der Waals surface area contributed by atoms with Crippen molar-refractivity contribution in [1.82, 2.24) is 10.7 Å². The van der Waals surface area contributed by atoms with Gasteiger partial charge in [-0.3, -0.25) is 9.59 Å². The Morgan fingerprint density at radius 3 is 2.34 bits per heavy atom. The van der Waals surface area contributed by atoms with E-state index >= 15 is 0 Å². The zero-order valence-corrected chi connectivity index (χ0v) is 20.5. The summed E-state index contributed by atoms with van der Waals surface area (Å²) >= 11 is 12.0. The van der Waals surface area contributed by atoms with Crippen molar-refractivity contribution in [3.63, 3.8) is 0 Å². The minimum absolute atomic E-state index is 0.280. The fourth-order valence-corrected chi connectivity index (χ4v) is 3.56. The molecule has 3 aromatic carbocycles. The van der Waals surface area contributed by atoms with Crippen LogP contribution in [0.15, 0.2) is 90.0 Å². The minimum Gasteiger partial charge on any atom is -0.479 e. The number of amides is 2. The van der Waals surface area contributed by atoms with Crippen LogP contribution in [0, 0.1) is 0 Å². The predicted molar refractivity (Wildman–Crippen MR) is 141 cm³/mol. The molecule has 0 aliphatic carbocycles. The highest BCUT2D eigenvalue weighted by molar-refractivity contribution is 6.35. The van der Waals surface area contributed by atoms with Crippen molar-refractivity contribution in [2.45, 2.75) is 25.5 Å². The zero-order valence-electron chi connectivity index (χ0n) is 19.0. The Bertz CT molecular complexity index is 1180. The monoisotopic (exact) mass is 509 g/mol. The van der Waals surface area contributed by atoms with Gasteiger partial charge in [-0.2, -0.15) is 5.10 Å². The highest BCUT2D eigenvalue weighted by atomic mass is 35.5. The SMILES string of the molecule is C[C@@H](Oc1ccc(Cl)cc1Cl)C(=O)N[C@@H](Cc1ccccc1)C(=O)N/N=C\C=C\c1ccccc1. The van der Waals surface area contributed by atoms with Gasteiger partial charge >= 0.3 is 0 Å². The van der Waals surface area contributed by atoms with Crippen LogP contribution in [0.1, 0.15) is 18.1 Å². The zero-order chi connectivity index (χ0) is 25.0. The van der Waals surface area contributed by atoms with Gasteiger partial charge in [0.05, 0.1) is 5.02 Å². The Kier molecular flexibility index (Phi) is 9.90. The fraction of sp³-hybridized carbons (Fsp3) is 0.148. The Balaban J connectivity index is 1.64. The molecule has 0 aliphatic rings. The number of nitrogens with one attached hydrogen (secondary N) is 2. The average Bonchev–Trinajstić information content (AvgIpc) is 2.86. The lowest BCUT2D eigenvalue weighted by molar-refractivity contribution is -0.132. The molecule has 0 fully saturated rings. The van der Waals surface area contributed by atoms with E-state index in [4.69, 9.17) is 27.9 Å². The first-order valence-corrected chi connectivity index (χ1v) is 11.7. The van der Waals surface area contributed by atoms with E-state index in [1.807, 2.05) is 66.7 Å². The third-order valence-corrected chi connectivity index (χ3v) is 5.44. The molecular weight excluding hydrogens is 485 g/mol. The molecule has 2 amide bonds. The lowest BCUT2D eigenvalue weighted by Gasteiger charge is -2.21. The first-order chi connectivity index (χ1) is 16.9. The van der Waals surface area contributed by atoms with Gasteiger partial charge in [-0.05, 0) is 42.3 Å². The van der Waals surface area contributed by atoms with Crippen molar-refractivity contribution in [2.24, 2.45) is 5.10 Å². The number of nitrogens with zero attached hydrogens (tertiary/aromatic N) is 1. The van der Waals surface area contributed by atoms with E-state index in [0.29, 0.717) is 10.8 Å². The Morgan fingerprint density at radius 1 is 0.971 bits per heavy atom. The van der Waals surface area contributed by atoms with Crippen LogP contribution < -0.4 is 15.5 Å². The molecule has 6 nitrogen and oxygen atoms in total. The van der Waals surface area contributed by atoms with Gasteiger partial charge in [-0.15, -0.1) is 0 Å². The summed E-state index contributed by atoms with van der Waals surface area (Å²) in [6.45, 7) is 1.57. The normalized spacial score (nSPS) is 12.9. The van der Waals surface area contributed by atoms with Gasteiger partial charge in [0.1, 0.15) is 11.8 Å². The van der Waals surface area contributed by atoms with Gasteiger partial charge in [0.2, 0.25) is 0 Å². The summed E-state index contributed by atoms with van der Waals surface area (Å²) in [6, 6.07) is 22.9. The molecule has 2 atom stereocenters. The van der Waals surface area contributed by atoms with Gasteiger partial charge in [0.25, 0.3) is 11.8 Å². The number of hydrogen-bond acceptors (Lipinski definition) is 4. The number of hydrogen-bond donors (Lipinski definition) is 2. The summed E-state index contributed by atoms with van der Waals surface area (Å²) in [6.07, 6.45) is 4.42. The maximum atomic E-state index is 12.8. The van der Waals surface area contributed by atoms with Crippen LogP contribution in [-0.4, -0.2) is 30.2 Å². The molecule has 0 heterocycles. The highest BCUT2D eigenvalue weighted by Crippen LogP contribution is 2.28. The number of carbonyl (C=O) groups is 2. The Labute approximate surface area is 214 Å². The van der Waals surface area contributed by atoms with E-state index in [9.17, 15) is 9.59 Å². The van der Waals surface area contributed by atoms with E-state index in [-0.39, 0.29) is 11.4 Å². The van der Waals surface area contributed by atoms with Crippen molar-refractivity contribution >= 4 is 47.3 Å². The molecule has 180 valence electrons. The maximum Gasteiger partial charge on any atom is 0.262 e. The van der Waals surface area contributed by atoms with Crippen molar-refractivity contribution < 1.29 is 14.3 Å². The molecule has 2 N–H and O–H groups in total. The summed E-state index contributed by atoms with van der Waals surface area (Å²) in [4.78, 5) is 25.7. The lowest BCUT2D eigenvalue weighted by Crippen LogP contribution is -2.50. The van der Waals surface area contributed by atoms with Crippen molar-refractivity contribution in [2.75, 3.05) is 0 Å². The summed E-state index contributed by atoms with van der Waals surface area (Å²) in [5, 5.41) is 7.45. The molecule has 0 bridgehead atoms. The number of rotatable bonds is 10. The Morgan fingerprint density at radius 2 is 1.66 bits per heavy atom. The van der Waals surface area contributed by atoms with Crippen molar-refractivity contribution in [1.29, 1.82) is 0 Å². The van der Waals surface area contributed by atoms with Crippen LogP contribution >= 0.6 is 23.2 Å². The van der Waals surface area contributed by atoms with Crippen LogP contribution in [0.3, 0.4) is 0 Å². The van der Waals surface area contributed by atoms with Gasteiger partial charge in [0.15, 0.2) is 6.10 Å². The topological polar surface area (TPSA) is 79.8 Å². The summed E-state index contributed by atoms with van der Waals surface area (Å²) in [5.74, 6) is -0.610. The molecule has 0 saturated heterocycles.